The molecule has 2 fully saturated rings. The number of carbonyl (C=O) groups excluding carboxylic acids is 1. The van der Waals surface area contributed by atoms with Crippen LogP contribution in [0.25, 0.3) is 0 Å². The molecule has 3 heterocycles. The van der Waals surface area contributed by atoms with Crippen molar-refractivity contribution in [1.29, 1.82) is 0 Å². The zero-order valence-corrected chi connectivity index (χ0v) is 20.7. The largest absolute Gasteiger partial charge is 0.423 e. The van der Waals surface area contributed by atoms with Gasteiger partial charge in [-0.3, -0.25) is 19.8 Å². The molecule has 0 spiro atoms. The maximum Gasteiger partial charge on any atom is 0.423 e. The Kier molecular flexibility index (Phi) is 9.53. The first-order valence-electron chi connectivity index (χ1n) is 12.4. The molecule has 1 N–H and O–H groups in total. The van der Waals surface area contributed by atoms with Gasteiger partial charge in [0.25, 0.3) is 5.69 Å². The standard InChI is InChI=1S/C25H31F3N6O3.CH4/c1-18-4-7-23(29-16-18)32-13-11-31(12-14-32)9-2-3-24(35)33-10-8-20(17-33)30-19-5-6-22(34(36)37)21(15-19)25(26,27)28;/h4-7,15-16,20,30H,2-3,8-14,17H2,1H3;1H4/t20-;/m0./s1. The molecular formula is C26H35F3N6O3. The second-order valence-electron chi connectivity index (χ2n) is 9.58. The zero-order valence-electron chi connectivity index (χ0n) is 20.7. The molecule has 1 aromatic carbocycles. The van der Waals surface area contributed by atoms with Crippen LogP contribution in [0.1, 0.15) is 37.8 Å². The van der Waals surface area contributed by atoms with E-state index < -0.39 is 22.4 Å². The molecule has 2 aliphatic heterocycles. The van der Waals surface area contributed by atoms with Crippen LogP contribution in [0.3, 0.4) is 0 Å². The first kappa shape index (κ1) is 29.2. The SMILES string of the molecule is C.Cc1ccc(N2CCN(CCCC(=O)N3CC[C@H](Nc4ccc([N+](=O)[O-])c(C(F)(F)F)c4)C3)CC2)nc1. The number of nitrogens with zero attached hydrogens (tertiary/aromatic N) is 5. The minimum atomic E-state index is -4.83. The Labute approximate surface area is 220 Å². The van der Waals surface area contributed by atoms with Gasteiger partial charge in [0, 0.05) is 69.7 Å². The summed E-state index contributed by atoms with van der Waals surface area (Å²) >= 11 is 0. The summed E-state index contributed by atoms with van der Waals surface area (Å²) in [6, 6.07) is 6.78. The molecule has 1 atom stereocenters. The van der Waals surface area contributed by atoms with E-state index in [9.17, 15) is 28.1 Å². The molecule has 0 radical (unpaired) electrons. The predicted octanol–water partition coefficient (Wildman–Crippen LogP) is 4.57. The average molecular weight is 537 g/mol. The van der Waals surface area contributed by atoms with E-state index in [2.05, 4.69) is 26.2 Å². The molecule has 2 saturated heterocycles. The predicted molar refractivity (Wildman–Crippen MR) is 140 cm³/mol. The number of nitro benzene ring substituents is 1. The molecule has 12 heteroatoms. The summed E-state index contributed by atoms with van der Waals surface area (Å²) in [5.74, 6) is 1.02. The van der Waals surface area contributed by atoms with Crippen molar-refractivity contribution >= 4 is 23.1 Å². The number of nitro groups is 1. The van der Waals surface area contributed by atoms with E-state index >= 15 is 0 Å². The van der Waals surface area contributed by atoms with E-state index in [1.165, 1.54) is 6.07 Å². The van der Waals surface area contributed by atoms with Crippen LogP contribution in [-0.4, -0.2) is 77.5 Å². The highest BCUT2D eigenvalue weighted by Gasteiger charge is 2.38. The lowest BCUT2D eigenvalue weighted by Crippen LogP contribution is -2.47. The summed E-state index contributed by atoms with van der Waals surface area (Å²) < 4.78 is 39.7. The summed E-state index contributed by atoms with van der Waals surface area (Å²) in [5, 5.41) is 13.9. The Hall–Kier alpha value is -3.41. The first-order chi connectivity index (χ1) is 17.6. The van der Waals surface area contributed by atoms with Crippen LogP contribution < -0.4 is 10.2 Å². The lowest BCUT2D eigenvalue weighted by molar-refractivity contribution is -0.388. The number of anilines is 2. The van der Waals surface area contributed by atoms with Crippen molar-refractivity contribution in [2.24, 2.45) is 0 Å². The van der Waals surface area contributed by atoms with Gasteiger partial charge in [0.05, 0.1) is 4.92 Å². The van der Waals surface area contributed by atoms with E-state index in [1.807, 2.05) is 19.2 Å². The minimum Gasteiger partial charge on any atom is -0.380 e. The number of benzene rings is 1. The summed E-state index contributed by atoms with van der Waals surface area (Å²) in [6.45, 7) is 7.37. The summed E-state index contributed by atoms with van der Waals surface area (Å²) in [4.78, 5) is 33.4. The molecule has 38 heavy (non-hydrogen) atoms. The van der Waals surface area contributed by atoms with E-state index in [0.717, 1.165) is 62.7 Å². The monoisotopic (exact) mass is 536 g/mol. The summed E-state index contributed by atoms with van der Waals surface area (Å²) in [6.07, 6.45) is -1.20. The van der Waals surface area contributed by atoms with E-state index in [1.54, 1.807) is 4.90 Å². The Morgan fingerprint density at radius 3 is 2.53 bits per heavy atom. The van der Waals surface area contributed by atoms with Gasteiger partial charge in [-0.15, -0.1) is 0 Å². The van der Waals surface area contributed by atoms with E-state index in [-0.39, 0.29) is 25.1 Å². The van der Waals surface area contributed by atoms with Crippen molar-refractivity contribution in [2.75, 3.05) is 56.0 Å². The van der Waals surface area contributed by atoms with Crippen molar-refractivity contribution in [1.82, 2.24) is 14.8 Å². The van der Waals surface area contributed by atoms with Gasteiger partial charge in [-0.05, 0) is 50.1 Å². The molecule has 208 valence electrons. The molecule has 2 aliphatic rings. The van der Waals surface area contributed by atoms with Gasteiger partial charge in [-0.25, -0.2) is 4.98 Å². The van der Waals surface area contributed by atoms with Crippen molar-refractivity contribution in [3.8, 4) is 0 Å². The van der Waals surface area contributed by atoms with Crippen molar-refractivity contribution < 1.29 is 22.9 Å². The molecular weight excluding hydrogens is 501 g/mol. The topological polar surface area (TPSA) is 94.8 Å². The number of pyridine rings is 1. The number of aryl methyl sites for hydroxylation is 1. The van der Waals surface area contributed by atoms with Crippen LogP contribution in [0.2, 0.25) is 0 Å². The van der Waals surface area contributed by atoms with Gasteiger partial charge in [-0.1, -0.05) is 13.5 Å². The molecule has 0 bridgehead atoms. The number of piperazine rings is 1. The Morgan fingerprint density at radius 2 is 1.89 bits per heavy atom. The number of likely N-dealkylation sites (tertiary alicyclic amines) is 1. The van der Waals surface area contributed by atoms with Crippen LogP contribution in [0, 0.1) is 17.0 Å². The van der Waals surface area contributed by atoms with Crippen LogP contribution >= 0.6 is 0 Å². The van der Waals surface area contributed by atoms with Crippen LogP contribution in [0.5, 0.6) is 0 Å². The third kappa shape index (κ3) is 7.33. The number of carbonyl (C=O) groups is 1. The normalized spacial score (nSPS) is 18.3. The quantitative estimate of drug-likeness (QED) is 0.390. The molecule has 1 amide bonds. The first-order valence-corrected chi connectivity index (χ1v) is 12.4. The second kappa shape index (κ2) is 12.4. The molecule has 2 aromatic rings. The highest BCUT2D eigenvalue weighted by Crippen LogP contribution is 2.37. The minimum absolute atomic E-state index is 0. The molecule has 1 aromatic heterocycles. The fourth-order valence-corrected chi connectivity index (χ4v) is 4.81. The molecule has 9 nitrogen and oxygen atoms in total. The van der Waals surface area contributed by atoms with Gasteiger partial charge < -0.3 is 15.1 Å². The Balaban J connectivity index is 0.00000400. The summed E-state index contributed by atoms with van der Waals surface area (Å²) in [7, 11) is 0. The Morgan fingerprint density at radius 1 is 1.16 bits per heavy atom. The van der Waals surface area contributed by atoms with Gasteiger partial charge in [-0.2, -0.15) is 13.2 Å². The number of aromatic nitrogens is 1. The third-order valence-corrected chi connectivity index (χ3v) is 6.87. The number of rotatable bonds is 8. The van der Waals surface area contributed by atoms with Crippen LogP contribution in [-0.2, 0) is 11.0 Å². The van der Waals surface area contributed by atoms with Gasteiger partial charge in [0.15, 0.2) is 0 Å². The zero-order chi connectivity index (χ0) is 26.6. The maximum absolute atomic E-state index is 13.2. The van der Waals surface area contributed by atoms with Crippen LogP contribution in [0.4, 0.5) is 30.4 Å². The lowest BCUT2D eigenvalue weighted by atomic mass is 10.1. The number of halogens is 3. The molecule has 4 rings (SSSR count). The highest BCUT2D eigenvalue weighted by molar-refractivity contribution is 5.76. The number of hydrogen-bond donors (Lipinski definition) is 1. The third-order valence-electron chi connectivity index (χ3n) is 6.87. The van der Waals surface area contributed by atoms with E-state index in [4.69, 9.17) is 0 Å². The lowest BCUT2D eigenvalue weighted by Gasteiger charge is -2.35. The number of nitrogens with one attached hydrogen (secondary N) is 1. The van der Waals surface area contributed by atoms with E-state index in [0.29, 0.717) is 25.9 Å². The summed E-state index contributed by atoms with van der Waals surface area (Å²) in [5.41, 5.74) is -0.981. The maximum atomic E-state index is 13.2. The fourth-order valence-electron chi connectivity index (χ4n) is 4.81. The average Bonchev–Trinajstić information content (AvgIpc) is 3.33. The Bertz CT molecular complexity index is 1100. The second-order valence-corrected chi connectivity index (χ2v) is 9.58. The molecule has 0 aliphatic carbocycles. The number of amides is 1. The molecule has 0 saturated carbocycles. The van der Waals surface area contributed by atoms with Gasteiger partial charge in [0.2, 0.25) is 5.91 Å². The highest BCUT2D eigenvalue weighted by atomic mass is 19.4. The van der Waals surface area contributed by atoms with Crippen molar-refractivity contribution in [3.05, 3.63) is 57.8 Å². The molecule has 0 unspecified atom stereocenters. The van der Waals surface area contributed by atoms with Crippen molar-refractivity contribution in [3.63, 3.8) is 0 Å². The van der Waals surface area contributed by atoms with Crippen LogP contribution in [0.15, 0.2) is 36.5 Å². The van der Waals surface area contributed by atoms with Gasteiger partial charge in [0.1, 0.15) is 11.4 Å². The smallest absolute Gasteiger partial charge is 0.380 e. The fraction of sp³-hybridized carbons (Fsp3) is 0.538. The number of alkyl halides is 3. The number of hydrogen-bond acceptors (Lipinski definition) is 7. The van der Waals surface area contributed by atoms with Crippen molar-refractivity contribution in [2.45, 2.75) is 45.8 Å². The van der Waals surface area contributed by atoms with Gasteiger partial charge >= 0.3 is 6.18 Å².